The van der Waals surface area contributed by atoms with Gasteiger partial charge in [0.1, 0.15) is 5.82 Å². The van der Waals surface area contributed by atoms with Crippen LogP contribution in [0.4, 0.5) is 5.82 Å². The van der Waals surface area contributed by atoms with E-state index in [9.17, 15) is 0 Å². The van der Waals surface area contributed by atoms with Crippen molar-refractivity contribution in [3.05, 3.63) is 23.9 Å². The van der Waals surface area contributed by atoms with Crippen LogP contribution in [-0.2, 0) is 6.54 Å². The number of pyridine rings is 1. The topological polar surface area (TPSA) is 28.2 Å². The highest BCUT2D eigenvalue weighted by Gasteiger charge is 2.22. The number of hydrogen-bond donors (Lipinski definition) is 1. The minimum Gasteiger partial charge on any atom is -0.357 e. The van der Waals surface area contributed by atoms with Crippen LogP contribution in [0.2, 0.25) is 0 Å². The Kier molecular flexibility index (Phi) is 4.02. The fourth-order valence-electron chi connectivity index (χ4n) is 2.65. The van der Waals surface area contributed by atoms with Crippen LogP contribution in [0.1, 0.15) is 44.7 Å². The highest BCUT2D eigenvalue weighted by Crippen LogP contribution is 2.28. The molecule has 0 spiro atoms. The van der Waals surface area contributed by atoms with E-state index in [2.05, 4.69) is 35.3 Å². The summed E-state index contributed by atoms with van der Waals surface area (Å²) in [5, 5.41) is 3.54. The molecule has 0 amide bonds. The number of nitrogens with one attached hydrogen (secondary N) is 1. The lowest BCUT2D eigenvalue weighted by Gasteiger charge is -2.32. The molecule has 2 aliphatic carbocycles. The van der Waals surface area contributed by atoms with Gasteiger partial charge in [-0.3, -0.25) is 0 Å². The molecule has 0 unspecified atom stereocenters. The molecular formula is C16H25N3. The molecule has 0 aliphatic heterocycles. The van der Waals surface area contributed by atoms with Crippen LogP contribution >= 0.6 is 0 Å². The van der Waals surface area contributed by atoms with Crippen molar-refractivity contribution in [1.29, 1.82) is 0 Å². The summed E-state index contributed by atoms with van der Waals surface area (Å²) in [6, 6.07) is 7.19. The molecule has 19 heavy (non-hydrogen) atoms. The maximum absolute atomic E-state index is 4.82. The van der Waals surface area contributed by atoms with Gasteiger partial charge in [0.05, 0.1) is 5.69 Å². The number of rotatable bonds is 7. The molecule has 1 aromatic heterocycles. The van der Waals surface area contributed by atoms with Gasteiger partial charge in [0.2, 0.25) is 0 Å². The van der Waals surface area contributed by atoms with Crippen molar-refractivity contribution in [3.63, 3.8) is 0 Å². The van der Waals surface area contributed by atoms with Gasteiger partial charge >= 0.3 is 0 Å². The Morgan fingerprint density at radius 1 is 1.26 bits per heavy atom. The van der Waals surface area contributed by atoms with Crippen molar-refractivity contribution in [1.82, 2.24) is 10.3 Å². The summed E-state index contributed by atoms with van der Waals surface area (Å²) in [6.07, 6.45) is 6.89. The van der Waals surface area contributed by atoms with Crippen molar-refractivity contribution in [2.45, 2.75) is 51.6 Å². The zero-order chi connectivity index (χ0) is 13.1. The van der Waals surface area contributed by atoms with Gasteiger partial charge in [0.15, 0.2) is 0 Å². The summed E-state index contributed by atoms with van der Waals surface area (Å²) in [5.74, 6) is 2.06. The fourth-order valence-corrected chi connectivity index (χ4v) is 2.65. The predicted octanol–water partition coefficient (Wildman–Crippen LogP) is 2.96. The lowest BCUT2D eigenvalue weighted by Crippen LogP contribution is -2.33. The normalized spacial score (nSPS) is 19.2. The van der Waals surface area contributed by atoms with Crippen molar-refractivity contribution in [2.75, 3.05) is 18.0 Å². The van der Waals surface area contributed by atoms with Crippen LogP contribution in [0, 0.1) is 5.92 Å². The first-order valence-corrected chi connectivity index (χ1v) is 7.79. The third-order valence-electron chi connectivity index (χ3n) is 4.35. The summed E-state index contributed by atoms with van der Waals surface area (Å²) in [6.45, 7) is 5.39. The summed E-state index contributed by atoms with van der Waals surface area (Å²) >= 11 is 0. The first-order chi connectivity index (χ1) is 9.35. The van der Waals surface area contributed by atoms with Crippen LogP contribution < -0.4 is 10.2 Å². The lowest BCUT2D eigenvalue weighted by molar-refractivity contribution is 0.318. The minimum absolute atomic E-state index is 0.753. The second kappa shape index (κ2) is 5.91. The van der Waals surface area contributed by atoms with Gasteiger partial charge in [-0.15, -0.1) is 0 Å². The van der Waals surface area contributed by atoms with Crippen LogP contribution in [0.3, 0.4) is 0 Å². The molecule has 104 valence electrons. The number of aromatic nitrogens is 1. The summed E-state index contributed by atoms with van der Waals surface area (Å²) in [4.78, 5) is 7.25. The highest BCUT2D eigenvalue weighted by atomic mass is 15.2. The van der Waals surface area contributed by atoms with Crippen molar-refractivity contribution < 1.29 is 0 Å². The highest BCUT2D eigenvalue weighted by molar-refractivity contribution is 5.39. The molecule has 1 aromatic rings. The van der Waals surface area contributed by atoms with Crippen LogP contribution in [0.15, 0.2) is 18.2 Å². The second-order valence-electron chi connectivity index (χ2n) is 5.98. The van der Waals surface area contributed by atoms with E-state index in [1.807, 2.05) is 0 Å². The number of hydrogen-bond acceptors (Lipinski definition) is 3. The lowest BCUT2D eigenvalue weighted by atomic mass is 9.85. The monoisotopic (exact) mass is 259 g/mol. The van der Waals surface area contributed by atoms with E-state index in [1.54, 1.807) is 0 Å². The average Bonchev–Trinajstić information content (AvgIpc) is 3.20. The Morgan fingerprint density at radius 2 is 2.11 bits per heavy atom. The summed E-state index contributed by atoms with van der Waals surface area (Å²) < 4.78 is 0. The third kappa shape index (κ3) is 3.47. The molecular weight excluding hydrogens is 234 g/mol. The van der Waals surface area contributed by atoms with Crippen molar-refractivity contribution in [3.8, 4) is 0 Å². The zero-order valence-corrected chi connectivity index (χ0v) is 11.9. The Bertz CT molecular complexity index is 410. The van der Waals surface area contributed by atoms with Gasteiger partial charge in [-0.25, -0.2) is 4.98 Å². The largest absolute Gasteiger partial charge is 0.357 e. The summed E-state index contributed by atoms with van der Waals surface area (Å²) in [7, 11) is 0. The van der Waals surface area contributed by atoms with Crippen molar-refractivity contribution >= 4 is 5.82 Å². The standard InChI is InChI=1S/C16H25N3/c1-2-19(12-13-5-3-6-13)16-8-4-7-15(18-16)11-17-14-9-10-14/h4,7-8,13-14,17H,2-3,5-6,9-12H2,1H3. The molecule has 0 aromatic carbocycles. The van der Waals surface area contributed by atoms with E-state index in [1.165, 1.54) is 44.3 Å². The van der Waals surface area contributed by atoms with Gasteiger partial charge in [0.25, 0.3) is 0 Å². The molecule has 3 nitrogen and oxygen atoms in total. The van der Waals surface area contributed by atoms with Gasteiger partial charge < -0.3 is 10.2 Å². The smallest absolute Gasteiger partial charge is 0.128 e. The van der Waals surface area contributed by atoms with Crippen LogP contribution in [-0.4, -0.2) is 24.1 Å². The predicted molar refractivity (Wildman–Crippen MR) is 79.3 cm³/mol. The number of anilines is 1. The molecule has 1 heterocycles. The van der Waals surface area contributed by atoms with Gasteiger partial charge in [-0.2, -0.15) is 0 Å². The fraction of sp³-hybridized carbons (Fsp3) is 0.688. The molecule has 3 heteroatoms. The summed E-state index contributed by atoms with van der Waals surface area (Å²) in [5.41, 5.74) is 1.18. The van der Waals surface area contributed by atoms with Gasteiger partial charge in [-0.05, 0) is 50.7 Å². The van der Waals surface area contributed by atoms with Gasteiger partial charge in [0, 0.05) is 25.7 Å². The van der Waals surface area contributed by atoms with E-state index in [0.29, 0.717) is 0 Å². The van der Waals surface area contributed by atoms with E-state index in [4.69, 9.17) is 4.98 Å². The van der Waals surface area contributed by atoms with Gasteiger partial charge in [-0.1, -0.05) is 12.5 Å². The van der Waals surface area contributed by atoms with E-state index >= 15 is 0 Å². The maximum Gasteiger partial charge on any atom is 0.128 e. The first kappa shape index (κ1) is 12.9. The Balaban J connectivity index is 1.61. The Hall–Kier alpha value is -1.09. The third-order valence-corrected chi connectivity index (χ3v) is 4.35. The van der Waals surface area contributed by atoms with Crippen LogP contribution in [0.25, 0.3) is 0 Å². The first-order valence-electron chi connectivity index (χ1n) is 7.79. The molecule has 0 atom stereocenters. The average molecular weight is 259 g/mol. The molecule has 0 radical (unpaired) electrons. The Labute approximate surface area is 116 Å². The van der Waals surface area contributed by atoms with Crippen LogP contribution in [0.5, 0.6) is 0 Å². The minimum atomic E-state index is 0.753. The quantitative estimate of drug-likeness (QED) is 0.816. The molecule has 2 saturated carbocycles. The van der Waals surface area contributed by atoms with E-state index in [-0.39, 0.29) is 0 Å². The maximum atomic E-state index is 4.82. The molecule has 2 aliphatic rings. The van der Waals surface area contributed by atoms with E-state index in [0.717, 1.165) is 30.9 Å². The van der Waals surface area contributed by atoms with Crippen molar-refractivity contribution in [2.24, 2.45) is 5.92 Å². The SMILES string of the molecule is CCN(CC1CCC1)c1cccc(CNC2CC2)n1. The molecule has 3 rings (SSSR count). The molecule has 0 bridgehead atoms. The zero-order valence-electron chi connectivity index (χ0n) is 11.9. The molecule has 0 saturated heterocycles. The number of nitrogens with zero attached hydrogens (tertiary/aromatic N) is 2. The van der Waals surface area contributed by atoms with E-state index < -0.39 is 0 Å². The molecule has 2 fully saturated rings. The Morgan fingerprint density at radius 3 is 2.74 bits per heavy atom. The second-order valence-corrected chi connectivity index (χ2v) is 5.98. The molecule has 1 N–H and O–H groups in total.